The number of ketones is 2. The van der Waals surface area contributed by atoms with Crippen molar-refractivity contribution in [1.29, 1.82) is 0 Å². The number of phenolic OH excluding ortho intramolecular Hbond substituents is 1. The van der Waals surface area contributed by atoms with E-state index >= 15 is 0 Å². The van der Waals surface area contributed by atoms with Crippen molar-refractivity contribution in [2.75, 3.05) is 6.61 Å². The fourth-order valence-corrected chi connectivity index (χ4v) is 4.12. The van der Waals surface area contributed by atoms with Crippen molar-refractivity contribution in [3.8, 4) is 11.5 Å². The summed E-state index contributed by atoms with van der Waals surface area (Å²) in [6, 6.07) is 6.95. The Balaban J connectivity index is 1.64. The lowest BCUT2D eigenvalue weighted by Crippen LogP contribution is -2.60. The number of hydrogen-bond donors (Lipinski definition) is 5. The molecule has 5 N–H and O–H groups in total. The first-order valence-electron chi connectivity index (χ1n) is 10.8. The SMILES string of the molecule is Cc1cc(O[C@H]2O[C@@H](COC(=O)CC(=O)O)[C@H](O)[C@@H](O)[C@@H]2O)c2c(c1)C(=O)c1cccc(O)c1C2=O. The lowest BCUT2D eigenvalue weighted by Gasteiger charge is -2.40. The minimum Gasteiger partial charge on any atom is -0.507 e. The predicted molar refractivity (Wildman–Crippen MR) is 117 cm³/mol. The number of esters is 1. The number of benzene rings is 2. The monoisotopic (exact) mass is 502 g/mol. The predicted octanol–water partition coefficient (Wildman–Crippen LogP) is -0.320. The molecule has 190 valence electrons. The highest BCUT2D eigenvalue weighted by Crippen LogP contribution is 2.38. The van der Waals surface area contributed by atoms with Gasteiger partial charge in [0, 0.05) is 11.1 Å². The van der Waals surface area contributed by atoms with Crippen LogP contribution in [-0.4, -0.2) is 86.4 Å². The Bertz CT molecular complexity index is 1250. The van der Waals surface area contributed by atoms with Gasteiger partial charge in [-0.05, 0) is 30.7 Å². The van der Waals surface area contributed by atoms with E-state index < -0.39 is 73.0 Å². The Morgan fingerprint density at radius 3 is 2.39 bits per heavy atom. The number of rotatable bonds is 6. The molecule has 0 saturated carbocycles. The normalized spacial score (nSPS) is 25.1. The van der Waals surface area contributed by atoms with Gasteiger partial charge in [-0.15, -0.1) is 0 Å². The summed E-state index contributed by atoms with van der Waals surface area (Å²) in [5, 5.41) is 49.8. The number of carboxylic acid groups (broad SMARTS) is 1. The third-order valence-corrected chi connectivity index (χ3v) is 5.85. The van der Waals surface area contributed by atoms with Crippen LogP contribution in [0.4, 0.5) is 0 Å². The van der Waals surface area contributed by atoms with Gasteiger partial charge in [-0.25, -0.2) is 0 Å². The number of carboxylic acids is 1. The summed E-state index contributed by atoms with van der Waals surface area (Å²) < 4.78 is 15.9. The zero-order valence-electron chi connectivity index (χ0n) is 18.8. The van der Waals surface area contributed by atoms with Gasteiger partial charge in [0.1, 0.15) is 48.9 Å². The van der Waals surface area contributed by atoms with Gasteiger partial charge in [-0.1, -0.05) is 12.1 Å². The van der Waals surface area contributed by atoms with Gasteiger partial charge in [0.25, 0.3) is 0 Å². The maximum absolute atomic E-state index is 13.3. The third kappa shape index (κ3) is 4.54. The van der Waals surface area contributed by atoms with Gasteiger partial charge >= 0.3 is 11.9 Å². The van der Waals surface area contributed by atoms with Gasteiger partial charge in [-0.3, -0.25) is 19.2 Å². The molecule has 1 aliphatic carbocycles. The van der Waals surface area contributed by atoms with Crippen LogP contribution in [0.5, 0.6) is 11.5 Å². The average molecular weight is 502 g/mol. The third-order valence-electron chi connectivity index (χ3n) is 5.85. The summed E-state index contributed by atoms with van der Waals surface area (Å²) in [6.07, 6.45) is -9.42. The quantitative estimate of drug-likeness (QED) is 0.218. The Hall–Kier alpha value is -3.84. The Morgan fingerprint density at radius 1 is 0.972 bits per heavy atom. The number of aromatic hydroxyl groups is 1. The van der Waals surface area contributed by atoms with Crippen LogP contribution in [-0.2, 0) is 19.1 Å². The van der Waals surface area contributed by atoms with Gasteiger partial charge in [-0.2, -0.15) is 0 Å². The highest BCUT2D eigenvalue weighted by Gasteiger charge is 2.46. The largest absolute Gasteiger partial charge is 0.507 e. The number of aliphatic hydroxyl groups is 3. The first-order chi connectivity index (χ1) is 17.0. The zero-order chi connectivity index (χ0) is 26.3. The minimum absolute atomic E-state index is 0.00173. The average Bonchev–Trinajstić information content (AvgIpc) is 2.81. The number of carbonyl (C=O) groups excluding carboxylic acids is 3. The summed E-state index contributed by atoms with van der Waals surface area (Å²) in [6.45, 7) is 0.964. The molecule has 0 spiro atoms. The second-order valence-corrected chi connectivity index (χ2v) is 8.43. The Morgan fingerprint density at radius 2 is 1.69 bits per heavy atom. The topological polar surface area (TPSA) is 197 Å². The standard InChI is InChI=1S/C24H22O12/c1-9-5-11-18(21(31)17-10(19(11)29)3-2-4-12(17)25)13(6-9)35-24-23(33)22(32)20(30)14(36-24)8-34-16(28)7-15(26)27/h2-6,14,20,22-25,30,32-33H,7-8H2,1H3,(H,26,27)/t14-,20-,22+,23-,24-/m0/s1. The van der Waals surface area contributed by atoms with Gasteiger partial charge in [0.15, 0.2) is 5.78 Å². The van der Waals surface area contributed by atoms with Crippen LogP contribution in [0, 0.1) is 6.92 Å². The van der Waals surface area contributed by atoms with E-state index in [1.165, 1.54) is 30.3 Å². The number of aryl methyl sites for hydroxylation is 1. The van der Waals surface area contributed by atoms with Crippen molar-refractivity contribution in [1.82, 2.24) is 0 Å². The Labute approximate surface area is 203 Å². The first kappa shape index (κ1) is 25.3. The van der Waals surface area contributed by atoms with E-state index in [0.29, 0.717) is 5.56 Å². The second kappa shape index (κ2) is 9.66. The fourth-order valence-electron chi connectivity index (χ4n) is 4.12. The molecule has 1 fully saturated rings. The van der Waals surface area contributed by atoms with Crippen molar-refractivity contribution in [2.45, 2.75) is 44.1 Å². The molecule has 0 unspecified atom stereocenters. The van der Waals surface area contributed by atoms with E-state index in [1.807, 2.05) is 0 Å². The van der Waals surface area contributed by atoms with Crippen LogP contribution in [0.3, 0.4) is 0 Å². The molecule has 12 heteroatoms. The number of hydrogen-bond acceptors (Lipinski definition) is 11. The molecule has 36 heavy (non-hydrogen) atoms. The number of carbonyl (C=O) groups is 4. The molecule has 5 atom stereocenters. The highest BCUT2D eigenvalue weighted by molar-refractivity contribution is 6.30. The Kier molecular flexibility index (Phi) is 6.78. The molecule has 2 aliphatic rings. The zero-order valence-corrected chi connectivity index (χ0v) is 18.8. The summed E-state index contributed by atoms with van der Waals surface area (Å²) in [7, 11) is 0. The van der Waals surface area contributed by atoms with Crippen LogP contribution in [0.25, 0.3) is 0 Å². The van der Waals surface area contributed by atoms with Crippen molar-refractivity contribution < 1.29 is 58.9 Å². The molecule has 1 heterocycles. The van der Waals surface area contributed by atoms with E-state index in [-0.39, 0.29) is 28.0 Å². The molecular formula is C24H22O12. The molecule has 0 radical (unpaired) electrons. The van der Waals surface area contributed by atoms with E-state index in [0.717, 1.165) is 0 Å². The minimum atomic E-state index is -1.82. The van der Waals surface area contributed by atoms with Gasteiger partial charge in [0.05, 0.1) is 11.1 Å². The van der Waals surface area contributed by atoms with Crippen LogP contribution in [0.1, 0.15) is 43.8 Å². The number of fused-ring (bicyclic) bond motifs is 2. The van der Waals surface area contributed by atoms with E-state index in [4.69, 9.17) is 19.3 Å². The van der Waals surface area contributed by atoms with Crippen molar-refractivity contribution in [3.63, 3.8) is 0 Å². The molecule has 1 saturated heterocycles. The lowest BCUT2D eigenvalue weighted by molar-refractivity contribution is -0.278. The van der Waals surface area contributed by atoms with Crippen molar-refractivity contribution in [2.24, 2.45) is 0 Å². The van der Waals surface area contributed by atoms with E-state index in [9.17, 15) is 39.6 Å². The summed E-state index contributed by atoms with van der Waals surface area (Å²) in [4.78, 5) is 48.5. The van der Waals surface area contributed by atoms with Crippen molar-refractivity contribution in [3.05, 3.63) is 58.1 Å². The molecule has 2 aromatic carbocycles. The van der Waals surface area contributed by atoms with E-state index in [2.05, 4.69) is 0 Å². The molecule has 12 nitrogen and oxygen atoms in total. The molecule has 0 amide bonds. The van der Waals surface area contributed by atoms with Crippen molar-refractivity contribution >= 4 is 23.5 Å². The molecule has 0 aromatic heterocycles. The van der Waals surface area contributed by atoms with E-state index in [1.54, 1.807) is 6.92 Å². The summed E-state index contributed by atoms with van der Waals surface area (Å²) in [5.74, 6) is -4.39. The smallest absolute Gasteiger partial charge is 0.317 e. The maximum Gasteiger partial charge on any atom is 0.317 e. The fraction of sp³-hybridized carbons (Fsp3) is 0.333. The maximum atomic E-state index is 13.3. The van der Waals surface area contributed by atoms with Crippen LogP contribution in [0.2, 0.25) is 0 Å². The lowest BCUT2D eigenvalue weighted by atomic mass is 9.82. The number of phenols is 1. The number of aliphatic carboxylic acids is 1. The number of aliphatic hydroxyl groups excluding tert-OH is 3. The van der Waals surface area contributed by atoms with Crippen LogP contribution < -0.4 is 4.74 Å². The summed E-state index contributed by atoms with van der Waals surface area (Å²) in [5.41, 5.74) is 0.115. The molecule has 2 aromatic rings. The second-order valence-electron chi connectivity index (χ2n) is 8.43. The highest BCUT2D eigenvalue weighted by atomic mass is 16.7. The number of ether oxygens (including phenoxy) is 3. The van der Waals surface area contributed by atoms with Gasteiger partial charge < -0.3 is 39.7 Å². The van der Waals surface area contributed by atoms with Gasteiger partial charge in [0.2, 0.25) is 12.1 Å². The van der Waals surface area contributed by atoms with Crippen LogP contribution >= 0.6 is 0 Å². The first-order valence-corrected chi connectivity index (χ1v) is 10.8. The molecular weight excluding hydrogens is 480 g/mol. The molecule has 1 aliphatic heterocycles. The van der Waals surface area contributed by atoms with Crippen LogP contribution in [0.15, 0.2) is 30.3 Å². The molecule has 4 rings (SSSR count). The summed E-state index contributed by atoms with van der Waals surface area (Å²) >= 11 is 0. The molecule has 0 bridgehead atoms.